The first-order valence-electron chi connectivity index (χ1n) is 7.70. The molecule has 0 amide bonds. The van der Waals surface area contributed by atoms with Gasteiger partial charge in [0.15, 0.2) is 0 Å². The van der Waals surface area contributed by atoms with Crippen LogP contribution in [0.4, 0.5) is 0 Å². The molecule has 0 saturated carbocycles. The summed E-state index contributed by atoms with van der Waals surface area (Å²) in [7, 11) is -0.933. The van der Waals surface area contributed by atoms with Gasteiger partial charge in [0.05, 0.1) is 16.8 Å². The van der Waals surface area contributed by atoms with Crippen LogP contribution in [0.25, 0.3) is 22.2 Å². The lowest BCUT2D eigenvalue weighted by molar-refractivity contribution is 0.0698. The zero-order chi connectivity index (χ0) is 17.5. The third kappa shape index (κ3) is 2.89. The molecule has 0 radical (unpaired) electrons. The van der Waals surface area contributed by atoms with Crippen molar-refractivity contribution in [3.05, 3.63) is 59.7 Å². The fraction of sp³-hybridized carbons (Fsp3) is 0.200. The number of hydrogen-bond donors (Lipinski definition) is 1. The molecule has 0 spiro atoms. The number of fused-ring (bicyclic) bond motifs is 1. The number of carbonyl (C=O) groups is 1. The zero-order valence-corrected chi connectivity index (χ0v) is 15.1. The number of benzene rings is 2. The maximum absolute atomic E-state index is 12.0. The molecule has 0 aliphatic rings. The summed E-state index contributed by atoms with van der Waals surface area (Å²) in [6.45, 7) is 1.84. The van der Waals surface area contributed by atoms with E-state index in [4.69, 9.17) is 4.98 Å². The van der Waals surface area contributed by atoms with Crippen molar-refractivity contribution >= 4 is 26.9 Å². The van der Waals surface area contributed by atoms with Crippen LogP contribution in [0.15, 0.2) is 53.4 Å². The van der Waals surface area contributed by atoms with Crippen LogP contribution in [-0.4, -0.2) is 34.8 Å². The van der Waals surface area contributed by atoms with E-state index in [1.807, 2.05) is 49.4 Å². The van der Waals surface area contributed by atoms with E-state index in [1.165, 1.54) is 4.90 Å². The van der Waals surface area contributed by atoms with Crippen molar-refractivity contribution in [3.8, 4) is 11.3 Å². The highest BCUT2D eigenvalue weighted by Crippen LogP contribution is 2.46. The van der Waals surface area contributed by atoms with E-state index in [2.05, 4.69) is 24.8 Å². The average Bonchev–Trinajstić information content (AvgIpc) is 2.53. The van der Waals surface area contributed by atoms with E-state index in [0.717, 1.165) is 22.2 Å². The first-order valence-corrected chi connectivity index (χ1v) is 10.6. The minimum absolute atomic E-state index is 0.351. The van der Waals surface area contributed by atoms with Crippen molar-refractivity contribution in [2.75, 3.05) is 18.8 Å². The van der Waals surface area contributed by atoms with E-state index in [1.54, 1.807) is 0 Å². The van der Waals surface area contributed by atoms with Gasteiger partial charge in [-0.05, 0) is 54.3 Å². The van der Waals surface area contributed by atoms with E-state index < -0.39 is 16.0 Å². The first kappa shape index (κ1) is 16.5. The van der Waals surface area contributed by atoms with Crippen LogP contribution in [0.5, 0.6) is 0 Å². The topological polar surface area (TPSA) is 50.2 Å². The third-order valence-corrected chi connectivity index (χ3v) is 5.84. The number of carboxylic acid groups (broad SMARTS) is 1. The van der Waals surface area contributed by atoms with Gasteiger partial charge in [0.25, 0.3) is 0 Å². The van der Waals surface area contributed by atoms with Gasteiger partial charge in [-0.1, -0.05) is 30.3 Å². The highest BCUT2D eigenvalue weighted by atomic mass is 32.3. The largest absolute Gasteiger partial charge is 0.478 e. The Hall–Kier alpha value is -2.33. The molecular formula is C20H21NO2S. The van der Waals surface area contributed by atoms with Crippen LogP contribution in [0, 0.1) is 6.92 Å². The van der Waals surface area contributed by atoms with Crippen LogP contribution in [-0.2, 0) is 0 Å². The lowest BCUT2D eigenvalue weighted by Crippen LogP contribution is -2.05. The molecule has 124 valence electrons. The molecule has 1 aromatic heterocycles. The minimum Gasteiger partial charge on any atom is -0.478 e. The van der Waals surface area contributed by atoms with Gasteiger partial charge in [-0.3, -0.25) is 0 Å². The molecule has 0 aliphatic heterocycles. The van der Waals surface area contributed by atoms with Gasteiger partial charge in [0.1, 0.15) is 0 Å². The second kappa shape index (κ2) is 5.95. The molecule has 0 atom stereocenters. The molecule has 1 N–H and O–H groups in total. The van der Waals surface area contributed by atoms with E-state index in [0.29, 0.717) is 11.1 Å². The smallest absolute Gasteiger partial charge is 0.336 e. The summed E-state index contributed by atoms with van der Waals surface area (Å²) in [5.74, 6) is -0.904. The molecule has 24 heavy (non-hydrogen) atoms. The minimum atomic E-state index is -0.933. The van der Waals surface area contributed by atoms with Crippen molar-refractivity contribution < 1.29 is 9.90 Å². The van der Waals surface area contributed by atoms with Crippen LogP contribution < -0.4 is 0 Å². The summed E-state index contributed by atoms with van der Waals surface area (Å²) in [6, 6.07) is 15.8. The van der Waals surface area contributed by atoms with Gasteiger partial charge in [-0.25, -0.2) is 19.8 Å². The predicted octanol–water partition coefficient (Wildman–Crippen LogP) is 4.96. The van der Waals surface area contributed by atoms with Gasteiger partial charge in [-0.15, -0.1) is 0 Å². The van der Waals surface area contributed by atoms with Gasteiger partial charge in [-0.2, -0.15) is 0 Å². The fourth-order valence-electron chi connectivity index (χ4n) is 2.87. The van der Waals surface area contributed by atoms with Gasteiger partial charge in [0.2, 0.25) is 0 Å². The summed E-state index contributed by atoms with van der Waals surface area (Å²) in [5, 5.41) is 10.5. The fourth-order valence-corrected chi connectivity index (χ4v) is 3.82. The Morgan fingerprint density at radius 3 is 2.29 bits per heavy atom. The monoisotopic (exact) mass is 339 g/mol. The van der Waals surface area contributed by atoms with Crippen molar-refractivity contribution in [2.24, 2.45) is 0 Å². The SMILES string of the molecule is Cc1c(-c2ccccc2)nc2ccc(S(C)(C)C)cc2c1C(=O)O. The number of aromatic nitrogens is 1. The molecule has 0 aliphatic carbocycles. The van der Waals surface area contributed by atoms with Crippen LogP contribution in [0.2, 0.25) is 0 Å². The lowest BCUT2D eigenvalue weighted by Gasteiger charge is -2.26. The molecule has 0 unspecified atom stereocenters. The normalized spacial score (nSPS) is 12.3. The van der Waals surface area contributed by atoms with Gasteiger partial charge >= 0.3 is 5.97 Å². The predicted molar refractivity (Wildman–Crippen MR) is 103 cm³/mol. The molecule has 3 nitrogen and oxygen atoms in total. The number of aromatic carboxylic acids is 1. The number of rotatable bonds is 3. The lowest BCUT2D eigenvalue weighted by atomic mass is 9.98. The Balaban J connectivity index is 2.37. The highest BCUT2D eigenvalue weighted by molar-refractivity contribution is 8.32. The van der Waals surface area contributed by atoms with Crippen molar-refractivity contribution in [1.82, 2.24) is 4.98 Å². The molecular weight excluding hydrogens is 318 g/mol. The first-order chi connectivity index (χ1) is 11.3. The van der Waals surface area contributed by atoms with Crippen LogP contribution in [0.3, 0.4) is 0 Å². The number of hydrogen-bond acceptors (Lipinski definition) is 2. The number of nitrogens with zero attached hydrogens (tertiary/aromatic N) is 1. The molecule has 0 bridgehead atoms. The maximum Gasteiger partial charge on any atom is 0.336 e. The molecule has 4 heteroatoms. The van der Waals surface area contributed by atoms with Crippen LogP contribution >= 0.6 is 10.0 Å². The Kier molecular flexibility index (Phi) is 4.10. The van der Waals surface area contributed by atoms with Gasteiger partial charge < -0.3 is 5.11 Å². The Morgan fingerprint density at radius 1 is 1.04 bits per heavy atom. The maximum atomic E-state index is 12.0. The van der Waals surface area contributed by atoms with E-state index in [9.17, 15) is 9.90 Å². The summed E-state index contributed by atoms with van der Waals surface area (Å²) >= 11 is 0. The summed E-state index contributed by atoms with van der Waals surface area (Å²) < 4.78 is 0. The van der Waals surface area contributed by atoms with Crippen molar-refractivity contribution in [1.29, 1.82) is 0 Å². The Labute approximate surface area is 143 Å². The number of pyridine rings is 1. The Morgan fingerprint density at radius 2 is 1.71 bits per heavy atom. The Bertz CT molecular complexity index is 928. The summed E-state index contributed by atoms with van der Waals surface area (Å²) in [4.78, 5) is 17.9. The highest BCUT2D eigenvalue weighted by Gasteiger charge is 2.19. The second-order valence-corrected chi connectivity index (χ2v) is 10.8. The molecule has 3 rings (SSSR count). The molecule has 2 aromatic carbocycles. The van der Waals surface area contributed by atoms with Gasteiger partial charge in [0, 0.05) is 10.9 Å². The number of carboxylic acids is 1. The molecule has 0 fully saturated rings. The summed E-state index contributed by atoms with van der Waals surface area (Å²) in [6.07, 6.45) is 6.60. The standard InChI is InChI=1S/C20H21NO2S/c1-13-18(20(22)23)16-12-15(24(2,3)4)10-11-17(16)21-19(13)14-8-6-5-7-9-14/h5-12H,1-4H3,(H,22,23). The van der Waals surface area contributed by atoms with Crippen molar-refractivity contribution in [3.63, 3.8) is 0 Å². The third-order valence-electron chi connectivity index (χ3n) is 4.17. The molecule has 3 aromatic rings. The average molecular weight is 339 g/mol. The van der Waals surface area contributed by atoms with Crippen molar-refractivity contribution in [2.45, 2.75) is 11.8 Å². The second-order valence-electron chi connectivity index (χ2n) is 6.65. The summed E-state index contributed by atoms with van der Waals surface area (Å²) in [5.41, 5.74) is 3.46. The quantitative estimate of drug-likeness (QED) is 0.733. The molecule has 1 heterocycles. The van der Waals surface area contributed by atoms with E-state index >= 15 is 0 Å². The van der Waals surface area contributed by atoms with E-state index in [-0.39, 0.29) is 0 Å². The zero-order valence-electron chi connectivity index (χ0n) is 14.3. The molecule has 0 saturated heterocycles. The van der Waals surface area contributed by atoms with Crippen LogP contribution in [0.1, 0.15) is 15.9 Å².